The fourth-order valence-electron chi connectivity index (χ4n) is 1.80. The van der Waals surface area contributed by atoms with Crippen LogP contribution in [0.2, 0.25) is 0 Å². The van der Waals surface area contributed by atoms with Gasteiger partial charge < -0.3 is 9.29 Å². The second kappa shape index (κ2) is 5.27. The van der Waals surface area contributed by atoms with E-state index in [1.807, 2.05) is 36.4 Å². The Labute approximate surface area is 102 Å². The van der Waals surface area contributed by atoms with Gasteiger partial charge in [-0.1, -0.05) is 30.3 Å². The molecule has 2 rings (SSSR count). The molecule has 1 atom stereocenters. The first-order valence-corrected chi connectivity index (χ1v) is 6.17. The number of hydrogen-bond donors (Lipinski definition) is 1. The molecule has 2 aromatic carbocycles. The second-order valence-electron chi connectivity index (χ2n) is 3.53. The van der Waals surface area contributed by atoms with Crippen molar-refractivity contribution in [3.63, 3.8) is 0 Å². The number of ether oxygens (including phenoxy) is 1. The molecule has 0 saturated carbocycles. The molecule has 2 aromatic rings. The quantitative estimate of drug-likeness (QED) is 0.841. The lowest BCUT2D eigenvalue weighted by atomic mass is 10.0. The molecule has 0 aliphatic heterocycles. The van der Waals surface area contributed by atoms with Gasteiger partial charge in [-0.25, -0.2) is 4.72 Å². The summed E-state index contributed by atoms with van der Waals surface area (Å²) in [5.41, 5.74) is 0.922. The molecule has 0 heterocycles. The summed E-state index contributed by atoms with van der Waals surface area (Å²) in [6.45, 7) is 0.278. The summed E-state index contributed by atoms with van der Waals surface area (Å²) in [7, 11) is 1.62. The Balaban J connectivity index is 2.47. The highest BCUT2D eigenvalue weighted by Crippen LogP contribution is 2.28. The summed E-state index contributed by atoms with van der Waals surface area (Å²) in [4.78, 5) is 0. The van der Waals surface area contributed by atoms with E-state index in [1.54, 1.807) is 7.11 Å². The van der Waals surface area contributed by atoms with Crippen molar-refractivity contribution in [3.05, 3.63) is 42.0 Å². The first-order chi connectivity index (χ1) is 8.22. The molecule has 5 heteroatoms. The van der Waals surface area contributed by atoms with Crippen molar-refractivity contribution in [2.45, 2.75) is 6.54 Å². The maximum Gasteiger partial charge on any atom is 0.126 e. The zero-order valence-electron chi connectivity index (χ0n) is 9.30. The zero-order valence-corrected chi connectivity index (χ0v) is 10.1. The summed E-state index contributed by atoms with van der Waals surface area (Å²) in [5, 5.41) is 1.97. The van der Waals surface area contributed by atoms with Gasteiger partial charge in [0.1, 0.15) is 5.75 Å². The molecular weight excluding hydrogens is 238 g/mol. The van der Waals surface area contributed by atoms with E-state index in [0.29, 0.717) is 0 Å². The fraction of sp³-hybridized carbons (Fsp3) is 0.167. The van der Waals surface area contributed by atoms with Crippen molar-refractivity contribution in [2.24, 2.45) is 0 Å². The maximum atomic E-state index is 10.5. The average Bonchev–Trinajstić information content (AvgIpc) is 2.35. The fourth-order valence-corrected chi connectivity index (χ4v) is 2.08. The maximum absolute atomic E-state index is 10.5. The molecule has 0 spiro atoms. The topological polar surface area (TPSA) is 61.4 Å². The van der Waals surface area contributed by atoms with Gasteiger partial charge in [-0.05, 0) is 17.0 Å². The van der Waals surface area contributed by atoms with Crippen LogP contribution in [0.25, 0.3) is 10.8 Å². The largest absolute Gasteiger partial charge is 0.760 e. The molecule has 0 bridgehead atoms. The van der Waals surface area contributed by atoms with Crippen LogP contribution >= 0.6 is 0 Å². The predicted octanol–water partition coefficient (Wildman–Crippen LogP) is 1.73. The molecule has 0 aromatic heterocycles. The van der Waals surface area contributed by atoms with Crippen LogP contribution in [-0.4, -0.2) is 15.9 Å². The van der Waals surface area contributed by atoms with Crippen LogP contribution in [-0.2, 0) is 17.8 Å². The van der Waals surface area contributed by atoms with Crippen molar-refractivity contribution in [3.8, 4) is 5.75 Å². The van der Waals surface area contributed by atoms with Gasteiger partial charge in [-0.3, -0.25) is 4.21 Å². The molecule has 1 unspecified atom stereocenters. The zero-order chi connectivity index (χ0) is 12.3. The third-order valence-electron chi connectivity index (χ3n) is 2.57. The monoisotopic (exact) mass is 250 g/mol. The van der Waals surface area contributed by atoms with E-state index < -0.39 is 11.3 Å². The lowest BCUT2D eigenvalue weighted by Crippen LogP contribution is -2.15. The summed E-state index contributed by atoms with van der Waals surface area (Å²) in [5.74, 6) is 0.785. The van der Waals surface area contributed by atoms with Gasteiger partial charge in [-0.2, -0.15) is 0 Å². The molecule has 90 valence electrons. The highest BCUT2D eigenvalue weighted by atomic mass is 32.2. The Hall–Kier alpha value is -1.43. The van der Waals surface area contributed by atoms with Crippen LogP contribution in [0.1, 0.15) is 5.56 Å². The van der Waals surface area contributed by atoms with Crippen LogP contribution in [0, 0.1) is 0 Å². The van der Waals surface area contributed by atoms with Crippen molar-refractivity contribution in [1.29, 1.82) is 0 Å². The third-order valence-corrected chi connectivity index (χ3v) is 2.95. The highest BCUT2D eigenvalue weighted by Gasteiger charge is 2.05. The number of hydrogen-bond acceptors (Lipinski definition) is 3. The summed E-state index contributed by atoms with van der Waals surface area (Å²) >= 11 is -2.25. The predicted molar refractivity (Wildman–Crippen MR) is 66.3 cm³/mol. The molecule has 1 N–H and O–H groups in total. The lowest BCUT2D eigenvalue weighted by Gasteiger charge is -2.12. The minimum Gasteiger partial charge on any atom is -0.760 e. The number of methoxy groups -OCH3 is 1. The SMILES string of the molecule is COc1ccc(CNS(=O)[O-])c2ccccc12. The molecular formula is C12H12NO3S-. The van der Waals surface area contributed by atoms with Gasteiger partial charge in [0.05, 0.1) is 7.11 Å². The Morgan fingerprint density at radius 2 is 1.94 bits per heavy atom. The Kier molecular flexibility index (Phi) is 3.73. The van der Waals surface area contributed by atoms with E-state index in [9.17, 15) is 8.76 Å². The standard InChI is InChI=1S/C12H13NO3S/c1-16-12-7-6-9(8-13-17(14)15)10-4-2-3-5-11(10)12/h2-7,13H,8H2,1H3,(H,14,15)/p-1. The third kappa shape index (κ3) is 2.63. The first-order valence-electron chi connectivity index (χ1n) is 5.09. The molecule has 0 aliphatic rings. The molecule has 0 radical (unpaired) electrons. The molecule has 17 heavy (non-hydrogen) atoms. The summed E-state index contributed by atoms with van der Waals surface area (Å²) < 4.78 is 28.6. The van der Waals surface area contributed by atoms with Crippen LogP contribution in [0.4, 0.5) is 0 Å². The van der Waals surface area contributed by atoms with E-state index in [-0.39, 0.29) is 6.54 Å². The normalized spacial score (nSPS) is 12.6. The summed E-state index contributed by atoms with van der Waals surface area (Å²) in [6.07, 6.45) is 0. The van der Waals surface area contributed by atoms with Gasteiger partial charge >= 0.3 is 0 Å². The lowest BCUT2D eigenvalue weighted by molar-refractivity contribution is 0.419. The Bertz CT molecular complexity index is 556. The van der Waals surface area contributed by atoms with Crippen LogP contribution in [0.3, 0.4) is 0 Å². The number of nitrogens with one attached hydrogen (secondary N) is 1. The molecule has 0 aliphatic carbocycles. The molecule has 0 fully saturated rings. The highest BCUT2D eigenvalue weighted by molar-refractivity contribution is 7.77. The van der Waals surface area contributed by atoms with E-state index in [1.165, 1.54) is 0 Å². The van der Waals surface area contributed by atoms with Crippen molar-refractivity contribution < 1.29 is 13.5 Å². The van der Waals surface area contributed by atoms with Crippen molar-refractivity contribution >= 4 is 22.0 Å². The average molecular weight is 250 g/mol. The number of rotatable bonds is 4. The van der Waals surface area contributed by atoms with E-state index >= 15 is 0 Å². The van der Waals surface area contributed by atoms with Gasteiger partial charge in [0.2, 0.25) is 0 Å². The van der Waals surface area contributed by atoms with E-state index in [4.69, 9.17) is 4.74 Å². The number of fused-ring (bicyclic) bond motifs is 1. The first kappa shape index (κ1) is 12.0. The minimum atomic E-state index is -2.25. The minimum absolute atomic E-state index is 0.278. The smallest absolute Gasteiger partial charge is 0.126 e. The van der Waals surface area contributed by atoms with Crippen LogP contribution in [0.15, 0.2) is 36.4 Å². The second-order valence-corrected chi connectivity index (χ2v) is 4.29. The van der Waals surface area contributed by atoms with Crippen LogP contribution < -0.4 is 9.46 Å². The van der Waals surface area contributed by atoms with Crippen LogP contribution in [0.5, 0.6) is 5.75 Å². The van der Waals surface area contributed by atoms with E-state index in [2.05, 4.69) is 4.72 Å². The van der Waals surface area contributed by atoms with Gasteiger partial charge in [0.25, 0.3) is 0 Å². The van der Waals surface area contributed by atoms with Gasteiger partial charge in [0, 0.05) is 23.2 Å². The molecule has 0 amide bonds. The Morgan fingerprint density at radius 1 is 1.24 bits per heavy atom. The number of benzene rings is 2. The molecule has 0 saturated heterocycles. The van der Waals surface area contributed by atoms with Crippen molar-refractivity contribution in [2.75, 3.05) is 7.11 Å². The van der Waals surface area contributed by atoms with E-state index in [0.717, 1.165) is 22.1 Å². The van der Waals surface area contributed by atoms with Crippen molar-refractivity contribution in [1.82, 2.24) is 4.72 Å². The molecule has 4 nitrogen and oxygen atoms in total. The van der Waals surface area contributed by atoms with Gasteiger partial charge in [-0.15, -0.1) is 0 Å². The van der Waals surface area contributed by atoms with Gasteiger partial charge in [0.15, 0.2) is 0 Å². The Morgan fingerprint density at radius 3 is 2.59 bits per heavy atom. The summed E-state index contributed by atoms with van der Waals surface area (Å²) in [6, 6.07) is 11.4.